The van der Waals surface area contributed by atoms with Crippen molar-refractivity contribution in [3.05, 3.63) is 47.0 Å². The highest BCUT2D eigenvalue weighted by Gasteiger charge is 2.22. The highest BCUT2D eigenvalue weighted by atomic mass is 16.5. The summed E-state index contributed by atoms with van der Waals surface area (Å²) in [5.41, 5.74) is 1.68. The van der Waals surface area contributed by atoms with Gasteiger partial charge in [0.2, 0.25) is 0 Å². The minimum atomic E-state index is -0.539. The zero-order valence-electron chi connectivity index (χ0n) is 27.7. The molecule has 0 heterocycles. The van der Waals surface area contributed by atoms with E-state index < -0.39 is 5.97 Å². The van der Waals surface area contributed by atoms with Gasteiger partial charge in [-0.1, -0.05) is 65.2 Å². The molecule has 0 aliphatic carbocycles. The van der Waals surface area contributed by atoms with E-state index in [0.717, 1.165) is 115 Å². The van der Waals surface area contributed by atoms with Crippen LogP contribution in [-0.4, -0.2) is 44.6 Å². The Morgan fingerprint density at radius 3 is 1.64 bits per heavy atom. The first-order chi connectivity index (χ1) is 21.6. The summed E-state index contributed by atoms with van der Waals surface area (Å²) in [6.45, 7) is 5.60. The van der Waals surface area contributed by atoms with E-state index in [2.05, 4.69) is 13.8 Å². The van der Waals surface area contributed by atoms with Crippen LogP contribution < -0.4 is 0 Å². The fourth-order valence-corrected chi connectivity index (χ4v) is 5.97. The number of esters is 2. The molecule has 0 aromatic heterocycles. The van der Waals surface area contributed by atoms with Crippen LogP contribution in [0.2, 0.25) is 0 Å². The largest absolute Gasteiger partial charge is 0.508 e. The van der Waals surface area contributed by atoms with Crippen molar-refractivity contribution in [2.75, 3.05) is 0 Å². The van der Waals surface area contributed by atoms with Crippen molar-refractivity contribution in [2.24, 2.45) is 0 Å². The Morgan fingerprint density at radius 2 is 1.09 bits per heavy atom. The van der Waals surface area contributed by atoms with Crippen LogP contribution in [0.3, 0.4) is 0 Å². The molecule has 0 saturated heterocycles. The van der Waals surface area contributed by atoms with Crippen molar-refractivity contribution in [2.45, 2.75) is 149 Å². The lowest BCUT2D eigenvalue weighted by atomic mass is 9.98. The van der Waals surface area contributed by atoms with E-state index in [1.165, 1.54) is 19.1 Å². The summed E-state index contributed by atoms with van der Waals surface area (Å²) in [5, 5.41) is 40.0. The van der Waals surface area contributed by atoms with E-state index in [1.807, 2.05) is 0 Å². The van der Waals surface area contributed by atoms with Crippen molar-refractivity contribution in [1.82, 2.24) is 0 Å². The first-order valence-electron chi connectivity index (χ1n) is 17.1. The molecule has 2 aromatic carbocycles. The van der Waals surface area contributed by atoms with E-state index >= 15 is 0 Å². The molecule has 2 rings (SSSR count). The number of carbonyl (C=O) groups excluding carboxylic acids is 2. The van der Waals surface area contributed by atoms with Crippen LogP contribution in [0.5, 0.6) is 23.0 Å². The first-order valence-corrected chi connectivity index (χ1v) is 17.1. The standard InChI is InChI=1S/C37H56O8/c1-4-16-33(44-27(3)38)20-14-11-7-9-13-19-29-24-32(41)26-35(42)36(29)37(43)45-34(17-5-2)21-15-10-6-8-12-18-28-22-30(39)25-31(40)23-28/h22-26,33-34,39-42H,4-21H2,1-3H3/t33-,34-/m0/s1. The Balaban J connectivity index is 1.78. The molecule has 8 nitrogen and oxygen atoms in total. The van der Waals surface area contributed by atoms with E-state index in [-0.39, 0.29) is 46.7 Å². The van der Waals surface area contributed by atoms with Crippen molar-refractivity contribution in [3.8, 4) is 23.0 Å². The summed E-state index contributed by atoms with van der Waals surface area (Å²) in [5.74, 6) is -0.931. The Hall–Kier alpha value is -3.42. The van der Waals surface area contributed by atoms with Crippen LogP contribution in [0.15, 0.2) is 30.3 Å². The fourth-order valence-electron chi connectivity index (χ4n) is 5.97. The maximum Gasteiger partial charge on any atom is 0.342 e. The predicted octanol–water partition coefficient (Wildman–Crippen LogP) is 9.03. The lowest BCUT2D eigenvalue weighted by molar-refractivity contribution is -0.147. The second-order valence-electron chi connectivity index (χ2n) is 12.3. The molecule has 0 aliphatic heterocycles. The number of phenolic OH excluding ortho intramolecular Hbond substituents is 4. The van der Waals surface area contributed by atoms with Crippen LogP contribution in [0.4, 0.5) is 0 Å². The van der Waals surface area contributed by atoms with Gasteiger partial charge in [-0.05, 0) is 93.5 Å². The molecule has 2 atom stereocenters. The number of benzene rings is 2. The van der Waals surface area contributed by atoms with Gasteiger partial charge in [0.1, 0.15) is 40.8 Å². The summed E-state index contributed by atoms with van der Waals surface area (Å²) in [7, 11) is 0. The van der Waals surface area contributed by atoms with Crippen LogP contribution in [0.1, 0.15) is 145 Å². The highest BCUT2D eigenvalue weighted by Crippen LogP contribution is 2.30. The molecular weight excluding hydrogens is 572 g/mol. The molecule has 0 fully saturated rings. The van der Waals surface area contributed by atoms with E-state index in [9.17, 15) is 30.0 Å². The van der Waals surface area contributed by atoms with Gasteiger partial charge >= 0.3 is 11.9 Å². The molecule has 0 bridgehead atoms. The average molecular weight is 629 g/mol. The van der Waals surface area contributed by atoms with Crippen LogP contribution >= 0.6 is 0 Å². The molecule has 0 saturated carbocycles. The Kier molecular flexibility index (Phi) is 17.9. The lowest BCUT2D eigenvalue weighted by Crippen LogP contribution is -2.19. The zero-order chi connectivity index (χ0) is 33.0. The minimum Gasteiger partial charge on any atom is -0.508 e. The monoisotopic (exact) mass is 628 g/mol. The molecule has 2 aromatic rings. The number of hydrogen-bond donors (Lipinski definition) is 4. The molecule has 0 amide bonds. The first kappa shape index (κ1) is 37.8. The van der Waals surface area contributed by atoms with Crippen molar-refractivity contribution >= 4 is 11.9 Å². The number of carbonyl (C=O) groups is 2. The third-order valence-corrected chi connectivity index (χ3v) is 8.14. The predicted molar refractivity (Wildman–Crippen MR) is 177 cm³/mol. The molecule has 0 unspecified atom stereocenters. The zero-order valence-corrected chi connectivity index (χ0v) is 27.7. The van der Waals surface area contributed by atoms with Gasteiger partial charge in [-0.25, -0.2) is 4.79 Å². The maximum atomic E-state index is 13.3. The molecule has 0 aliphatic rings. The average Bonchev–Trinajstić information content (AvgIpc) is 2.95. The Bertz CT molecular complexity index is 1140. The number of aromatic hydroxyl groups is 4. The van der Waals surface area contributed by atoms with Gasteiger partial charge in [0, 0.05) is 19.1 Å². The van der Waals surface area contributed by atoms with Crippen LogP contribution in [-0.2, 0) is 27.1 Å². The van der Waals surface area contributed by atoms with Gasteiger partial charge in [0.05, 0.1) is 0 Å². The minimum absolute atomic E-state index is 0.00772. The Morgan fingerprint density at radius 1 is 0.600 bits per heavy atom. The maximum absolute atomic E-state index is 13.3. The van der Waals surface area contributed by atoms with Gasteiger partial charge in [0.25, 0.3) is 0 Å². The number of rotatable bonds is 23. The van der Waals surface area contributed by atoms with Gasteiger partial charge in [-0.2, -0.15) is 0 Å². The summed E-state index contributed by atoms with van der Waals surface area (Å²) >= 11 is 0. The molecule has 4 N–H and O–H groups in total. The van der Waals surface area contributed by atoms with Crippen LogP contribution in [0, 0.1) is 0 Å². The van der Waals surface area contributed by atoms with Gasteiger partial charge in [0.15, 0.2) is 0 Å². The second kappa shape index (κ2) is 21.3. The summed E-state index contributed by atoms with van der Waals surface area (Å²) in [4.78, 5) is 24.6. The normalized spacial score (nSPS) is 12.5. The quantitative estimate of drug-likeness (QED) is 0.0707. The van der Waals surface area contributed by atoms with Crippen molar-refractivity contribution < 1.29 is 39.5 Å². The third-order valence-electron chi connectivity index (χ3n) is 8.14. The molecule has 252 valence electrons. The summed E-state index contributed by atoms with van der Waals surface area (Å²) < 4.78 is 11.3. The van der Waals surface area contributed by atoms with Crippen molar-refractivity contribution in [1.29, 1.82) is 0 Å². The number of ether oxygens (including phenoxy) is 2. The number of hydrogen-bond acceptors (Lipinski definition) is 8. The molecule has 0 spiro atoms. The highest BCUT2D eigenvalue weighted by molar-refractivity contribution is 5.94. The second-order valence-corrected chi connectivity index (χ2v) is 12.3. The van der Waals surface area contributed by atoms with Gasteiger partial charge in [-0.15, -0.1) is 0 Å². The molecule has 8 heteroatoms. The van der Waals surface area contributed by atoms with Gasteiger partial charge < -0.3 is 29.9 Å². The molecule has 45 heavy (non-hydrogen) atoms. The fraction of sp³-hybridized carbons (Fsp3) is 0.622. The van der Waals surface area contributed by atoms with Gasteiger partial charge in [-0.3, -0.25) is 4.79 Å². The lowest BCUT2D eigenvalue weighted by Gasteiger charge is -2.19. The third kappa shape index (κ3) is 15.4. The topological polar surface area (TPSA) is 134 Å². The van der Waals surface area contributed by atoms with E-state index in [0.29, 0.717) is 12.0 Å². The SMILES string of the molecule is CCC[C@@H](CCCCCCCc1cc(O)cc(O)c1C(=O)O[C@@H](CCC)CCCCCCCc1cc(O)cc(O)c1)OC(C)=O. The molecule has 0 radical (unpaired) electrons. The van der Waals surface area contributed by atoms with E-state index in [1.54, 1.807) is 18.2 Å². The summed E-state index contributed by atoms with van der Waals surface area (Å²) in [6, 6.07) is 7.44. The molecular formula is C37H56O8. The number of unbranched alkanes of at least 4 members (excludes halogenated alkanes) is 8. The Labute approximate surface area is 269 Å². The summed E-state index contributed by atoms with van der Waals surface area (Å²) in [6.07, 6.45) is 16.0. The number of phenols is 4. The number of aryl methyl sites for hydroxylation is 2. The van der Waals surface area contributed by atoms with E-state index in [4.69, 9.17) is 9.47 Å². The smallest absolute Gasteiger partial charge is 0.342 e. The van der Waals surface area contributed by atoms with Crippen molar-refractivity contribution in [3.63, 3.8) is 0 Å². The van der Waals surface area contributed by atoms with Crippen LogP contribution in [0.25, 0.3) is 0 Å².